The number of ether oxygens (including phenoxy) is 1. The number of rotatable bonds is 6. The summed E-state index contributed by atoms with van der Waals surface area (Å²) in [7, 11) is 0. The Bertz CT molecular complexity index is 188. The Hall–Kier alpha value is -0.380. The summed E-state index contributed by atoms with van der Waals surface area (Å²) in [6.07, 6.45) is 1.52. The highest BCUT2D eigenvalue weighted by Crippen LogP contribution is 2.04. The van der Waals surface area contributed by atoms with E-state index in [0.717, 1.165) is 45.8 Å². The molecule has 1 fully saturated rings. The van der Waals surface area contributed by atoms with Crippen molar-refractivity contribution < 1.29 is 4.74 Å². The lowest BCUT2D eigenvalue weighted by atomic mass is 10.2. The first-order valence-corrected chi connectivity index (χ1v) is 5.91. The number of hydrogen-bond acceptors (Lipinski definition) is 3. The van der Waals surface area contributed by atoms with Gasteiger partial charge in [0.1, 0.15) is 0 Å². The molecular weight excluding hydrogens is 188 g/mol. The molecule has 0 aromatic carbocycles. The van der Waals surface area contributed by atoms with Crippen LogP contribution in [0.3, 0.4) is 0 Å². The standard InChI is InChI=1S/C12H24N2O/c1-4-14(10-11(2)3)7-5-12-9-13-6-8-15-12/h12-13H,2,4-10H2,1,3H3. The third kappa shape index (κ3) is 5.30. The lowest BCUT2D eigenvalue weighted by Crippen LogP contribution is -2.40. The van der Waals surface area contributed by atoms with Gasteiger partial charge in [0, 0.05) is 26.2 Å². The van der Waals surface area contributed by atoms with Crippen molar-refractivity contribution in [2.75, 3.05) is 39.3 Å². The van der Waals surface area contributed by atoms with Crippen LogP contribution in [0.25, 0.3) is 0 Å². The summed E-state index contributed by atoms with van der Waals surface area (Å²) >= 11 is 0. The number of morpholine rings is 1. The molecule has 15 heavy (non-hydrogen) atoms. The first-order valence-electron chi connectivity index (χ1n) is 5.91. The molecule has 3 nitrogen and oxygen atoms in total. The summed E-state index contributed by atoms with van der Waals surface area (Å²) in [5.74, 6) is 0. The zero-order chi connectivity index (χ0) is 11.1. The molecule has 1 aliphatic heterocycles. The number of nitrogens with one attached hydrogen (secondary N) is 1. The Morgan fingerprint density at radius 2 is 2.40 bits per heavy atom. The van der Waals surface area contributed by atoms with E-state index in [1.807, 2.05) is 0 Å². The molecule has 1 atom stereocenters. The van der Waals surface area contributed by atoms with Crippen LogP contribution in [0, 0.1) is 0 Å². The zero-order valence-corrected chi connectivity index (χ0v) is 10.1. The molecule has 0 amide bonds. The van der Waals surface area contributed by atoms with E-state index in [-0.39, 0.29) is 0 Å². The fourth-order valence-corrected chi connectivity index (χ4v) is 1.86. The van der Waals surface area contributed by atoms with Crippen LogP contribution in [-0.2, 0) is 4.74 Å². The van der Waals surface area contributed by atoms with Crippen LogP contribution in [-0.4, -0.2) is 50.3 Å². The Labute approximate surface area is 93.5 Å². The van der Waals surface area contributed by atoms with Gasteiger partial charge >= 0.3 is 0 Å². The van der Waals surface area contributed by atoms with Crippen LogP contribution in [0.5, 0.6) is 0 Å². The van der Waals surface area contributed by atoms with Crippen molar-refractivity contribution in [3.8, 4) is 0 Å². The maximum Gasteiger partial charge on any atom is 0.0712 e. The van der Waals surface area contributed by atoms with Crippen molar-refractivity contribution in [3.05, 3.63) is 12.2 Å². The molecule has 0 bridgehead atoms. The van der Waals surface area contributed by atoms with E-state index in [2.05, 4.69) is 30.6 Å². The molecule has 3 heteroatoms. The van der Waals surface area contributed by atoms with Gasteiger partial charge in [0.05, 0.1) is 12.7 Å². The minimum absolute atomic E-state index is 0.401. The van der Waals surface area contributed by atoms with E-state index in [9.17, 15) is 0 Å². The van der Waals surface area contributed by atoms with Gasteiger partial charge in [-0.1, -0.05) is 19.1 Å². The molecule has 1 N–H and O–H groups in total. The van der Waals surface area contributed by atoms with Gasteiger partial charge < -0.3 is 10.1 Å². The highest BCUT2D eigenvalue weighted by molar-refractivity contribution is 4.91. The van der Waals surface area contributed by atoms with Gasteiger partial charge in [-0.15, -0.1) is 0 Å². The molecule has 0 radical (unpaired) electrons. The van der Waals surface area contributed by atoms with E-state index in [4.69, 9.17) is 4.74 Å². The topological polar surface area (TPSA) is 24.5 Å². The Kier molecular flexibility index (Phi) is 5.91. The summed E-state index contributed by atoms with van der Waals surface area (Å²) in [6, 6.07) is 0. The van der Waals surface area contributed by atoms with E-state index in [0.29, 0.717) is 6.10 Å². The van der Waals surface area contributed by atoms with Crippen LogP contribution in [0.2, 0.25) is 0 Å². The maximum absolute atomic E-state index is 5.67. The molecule has 1 saturated heterocycles. The van der Waals surface area contributed by atoms with Gasteiger partial charge in [-0.2, -0.15) is 0 Å². The summed E-state index contributed by atoms with van der Waals surface area (Å²) in [6.45, 7) is 14.3. The fraction of sp³-hybridized carbons (Fsp3) is 0.833. The molecule has 1 heterocycles. The monoisotopic (exact) mass is 212 g/mol. The highest BCUT2D eigenvalue weighted by atomic mass is 16.5. The number of likely N-dealkylation sites (N-methyl/N-ethyl adjacent to an activating group) is 1. The third-order valence-electron chi connectivity index (χ3n) is 2.71. The second kappa shape index (κ2) is 6.99. The molecule has 0 spiro atoms. The van der Waals surface area contributed by atoms with Crippen LogP contribution < -0.4 is 5.32 Å². The molecule has 1 aliphatic rings. The second-order valence-corrected chi connectivity index (χ2v) is 4.31. The van der Waals surface area contributed by atoms with Crippen LogP contribution in [0.1, 0.15) is 20.3 Å². The van der Waals surface area contributed by atoms with E-state index in [1.54, 1.807) is 0 Å². The maximum atomic E-state index is 5.67. The summed E-state index contributed by atoms with van der Waals surface area (Å²) < 4.78 is 5.67. The van der Waals surface area contributed by atoms with Gasteiger partial charge in [-0.25, -0.2) is 0 Å². The van der Waals surface area contributed by atoms with Crippen LogP contribution in [0.4, 0.5) is 0 Å². The van der Waals surface area contributed by atoms with Crippen molar-refractivity contribution in [3.63, 3.8) is 0 Å². The van der Waals surface area contributed by atoms with E-state index >= 15 is 0 Å². The summed E-state index contributed by atoms with van der Waals surface area (Å²) in [5.41, 5.74) is 1.24. The molecule has 0 aromatic rings. The zero-order valence-electron chi connectivity index (χ0n) is 10.1. The molecule has 1 unspecified atom stereocenters. The summed E-state index contributed by atoms with van der Waals surface area (Å²) in [4.78, 5) is 2.42. The highest BCUT2D eigenvalue weighted by Gasteiger charge is 2.14. The van der Waals surface area contributed by atoms with Gasteiger partial charge in [-0.3, -0.25) is 4.90 Å². The van der Waals surface area contributed by atoms with Crippen molar-refractivity contribution in [1.82, 2.24) is 10.2 Å². The Balaban J connectivity index is 2.17. The summed E-state index contributed by atoms with van der Waals surface area (Å²) in [5, 5.41) is 3.36. The van der Waals surface area contributed by atoms with Gasteiger partial charge in [0.15, 0.2) is 0 Å². The number of hydrogen-bond donors (Lipinski definition) is 1. The second-order valence-electron chi connectivity index (χ2n) is 4.31. The van der Waals surface area contributed by atoms with Crippen molar-refractivity contribution in [2.24, 2.45) is 0 Å². The van der Waals surface area contributed by atoms with Gasteiger partial charge in [0.2, 0.25) is 0 Å². The lowest BCUT2D eigenvalue weighted by molar-refractivity contribution is 0.0181. The molecule has 0 saturated carbocycles. The van der Waals surface area contributed by atoms with Crippen molar-refractivity contribution in [1.29, 1.82) is 0 Å². The molecule has 0 aromatic heterocycles. The third-order valence-corrected chi connectivity index (χ3v) is 2.71. The average Bonchev–Trinajstić information content (AvgIpc) is 2.25. The Morgan fingerprint density at radius 3 is 2.93 bits per heavy atom. The number of nitrogens with zero attached hydrogens (tertiary/aromatic N) is 1. The smallest absolute Gasteiger partial charge is 0.0712 e. The largest absolute Gasteiger partial charge is 0.376 e. The molecule has 1 rings (SSSR count). The van der Waals surface area contributed by atoms with E-state index in [1.165, 1.54) is 5.57 Å². The molecule has 0 aliphatic carbocycles. The van der Waals surface area contributed by atoms with Gasteiger partial charge in [-0.05, 0) is 19.9 Å². The minimum Gasteiger partial charge on any atom is -0.376 e. The quantitative estimate of drug-likeness (QED) is 0.671. The predicted molar refractivity (Wildman–Crippen MR) is 64.2 cm³/mol. The minimum atomic E-state index is 0.401. The predicted octanol–water partition coefficient (Wildman–Crippen LogP) is 1.26. The van der Waals surface area contributed by atoms with Crippen molar-refractivity contribution in [2.45, 2.75) is 26.4 Å². The first kappa shape index (κ1) is 12.7. The Morgan fingerprint density at radius 1 is 1.60 bits per heavy atom. The van der Waals surface area contributed by atoms with E-state index < -0.39 is 0 Å². The van der Waals surface area contributed by atoms with Crippen LogP contribution >= 0.6 is 0 Å². The normalized spacial score (nSPS) is 21.9. The van der Waals surface area contributed by atoms with Crippen molar-refractivity contribution >= 4 is 0 Å². The fourth-order valence-electron chi connectivity index (χ4n) is 1.86. The van der Waals surface area contributed by atoms with Crippen LogP contribution in [0.15, 0.2) is 12.2 Å². The SMILES string of the molecule is C=C(C)CN(CC)CCC1CNCCO1. The first-order chi connectivity index (χ1) is 7.22. The lowest BCUT2D eigenvalue weighted by Gasteiger charge is -2.27. The molecular formula is C12H24N2O. The molecule has 88 valence electrons. The average molecular weight is 212 g/mol. The van der Waals surface area contributed by atoms with Gasteiger partial charge in [0.25, 0.3) is 0 Å².